The van der Waals surface area contributed by atoms with Gasteiger partial charge >= 0.3 is 0 Å². The van der Waals surface area contributed by atoms with E-state index in [2.05, 4.69) is 169 Å². The molecule has 0 amide bonds. The lowest BCUT2D eigenvalue weighted by molar-refractivity contribution is 0.669. The third-order valence-electron chi connectivity index (χ3n) is 9.45. The second kappa shape index (κ2) is 11.2. The van der Waals surface area contributed by atoms with Crippen molar-refractivity contribution >= 4 is 81.3 Å². The molecule has 49 heavy (non-hydrogen) atoms. The molecule has 10 aromatic rings. The maximum atomic E-state index is 6.76. The summed E-state index contributed by atoms with van der Waals surface area (Å²) in [5.74, 6) is 0. The number of rotatable bonds is 5. The SMILES string of the molecule is c1ccc(-c2cccc(-c3cccc4oc5cc(N(c6ccccc6)c6ccc7sc8ccccc8c7c6)c6ccccc6c5c34)n2)cc1. The molecule has 0 bridgehead atoms. The van der Waals surface area contributed by atoms with E-state index in [0.717, 1.165) is 72.3 Å². The van der Waals surface area contributed by atoms with Gasteiger partial charge in [-0.05, 0) is 60.0 Å². The number of benzene rings is 7. The van der Waals surface area contributed by atoms with Gasteiger partial charge < -0.3 is 9.32 Å². The van der Waals surface area contributed by atoms with Crippen molar-refractivity contribution in [2.45, 2.75) is 0 Å². The Morgan fingerprint density at radius 2 is 1.14 bits per heavy atom. The smallest absolute Gasteiger partial charge is 0.138 e. The summed E-state index contributed by atoms with van der Waals surface area (Å²) in [6.45, 7) is 0. The lowest BCUT2D eigenvalue weighted by atomic mass is 9.97. The number of furan rings is 1. The fourth-order valence-electron chi connectivity index (χ4n) is 7.27. The Balaban J connectivity index is 1.23. The van der Waals surface area contributed by atoms with Gasteiger partial charge in [0.2, 0.25) is 0 Å². The summed E-state index contributed by atoms with van der Waals surface area (Å²) >= 11 is 1.84. The van der Waals surface area contributed by atoms with E-state index in [1.807, 2.05) is 17.4 Å². The minimum absolute atomic E-state index is 0.846. The molecule has 0 radical (unpaired) electrons. The predicted octanol–water partition coefficient (Wildman–Crippen LogP) is 13.3. The Labute approximate surface area is 286 Å². The van der Waals surface area contributed by atoms with Crippen LogP contribution in [0.4, 0.5) is 17.1 Å². The number of hydrogen-bond acceptors (Lipinski definition) is 4. The molecule has 7 aromatic carbocycles. The maximum Gasteiger partial charge on any atom is 0.138 e. The average Bonchev–Trinajstić information content (AvgIpc) is 3.74. The van der Waals surface area contributed by atoms with Crippen molar-refractivity contribution in [2.24, 2.45) is 0 Å². The molecule has 4 heteroatoms. The highest BCUT2D eigenvalue weighted by atomic mass is 32.1. The zero-order valence-corrected chi connectivity index (χ0v) is 27.2. The van der Waals surface area contributed by atoms with Crippen molar-refractivity contribution in [2.75, 3.05) is 4.90 Å². The monoisotopic (exact) mass is 644 g/mol. The quantitative estimate of drug-likeness (QED) is 0.187. The molecule has 0 saturated heterocycles. The number of nitrogens with zero attached hydrogens (tertiary/aromatic N) is 2. The van der Waals surface area contributed by atoms with Crippen LogP contribution in [0.25, 0.3) is 75.4 Å². The zero-order chi connectivity index (χ0) is 32.3. The summed E-state index contributed by atoms with van der Waals surface area (Å²) in [6, 6.07) is 60.0. The van der Waals surface area contributed by atoms with E-state index in [1.165, 1.54) is 20.2 Å². The van der Waals surface area contributed by atoms with Gasteiger partial charge in [0, 0.05) is 64.9 Å². The van der Waals surface area contributed by atoms with Crippen LogP contribution in [0.5, 0.6) is 0 Å². The summed E-state index contributed by atoms with van der Waals surface area (Å²) in [5.41, 5.74) is 8.97. The summed E-state index contributed by atoms with van der Waals surface area (Å²) < 4.78 is 9.35. The van der Waals surface area contributed by atoms with Crippen LogP contribution in [-0.2, 0) is 0 Å². The molecule has 0 saturated carbocycles. The number of pyridine rings is 1. The largest absolute Gasteiger partial charge is 0.456 e. The van der Waals surface area contributed by atoms with Gasteiger partial charge in [-0.3, -0.25) is 0 Å². The number of aromatic nitrogens is 1. The van der Waals surface area contributed by atoms with Crippen molar-refractivity contribution in [1.29, 1.82) is 0 Å². The Hall–Kier alpha value is -6.23. The van der Waals surface area contributed by atoms with E-state index in [1.54, 1.807) is 0 Å². The van der Waals surface area contributed by atoms with E-state index in [0.29, 0.717) is 0 Å². The molecule has 0 N–H and O–H groups in total. The highest BCUT2D eigenvalue weighted by Crippen LogP contribution is 2.47. The zero-order valence-electron chi connectivity index (χ0n) is 26.4. The van der Waals surface area contributed by atoms with Crippen molar-refractivity contribution in [3.63, 3.8) is 0 Å². The predicted molar refractivity (Wildman–Crippen MR) is 207 cm³/mol. The second-order valence-corrected chi connectivity index (χ2v) is 13.4. The van der Waals surface area contributed by atoms with Gasteiger partial charge in [-0.25, -0.2) is 4.98 Å². The first-order valence-corrected chi connectivity index (χ1v) is 17.3. The fourth-order valence-corrected chi connectivity index (χ4v) is 8.36. The molecule has 0 atom stereocenters. The number of thiophene rings is 1. The highest BCUT2D eigenvalue weighted by molar-refractivity contribution is 7.25. The Kier molecular flexibility index (Phi) is 6.36. The second-order valence-electron chi connectivity index (χ2n) is 12.3. The van der Waals surface area contributed by atoms with Gasteiger partial charge in [0.25, 0.3) is 0 Å². The van der Waals surface area contributed by atoms with Crippen molar-refractivity contribution in [3.05, 3.63) is 170 Å². The first-order chi connectivity index (χ1) is 24.3. The molecule has 3 heterocycles. The van der Waals surface area contributed by atoms with Crippen LogP contribution in [0.15, 0.2) is 174 Å². The van der Waals surface area contributed by atoms with Crippen LogP contribution in [-0.4, -0.2) is 4.98 Å². The number of hydrogen-bond donors (Lipinski definition) is 0. The molecule has 10 rings (SSSR count). The van der Waals surface area contributed by atoms with E-state index < -0.39 is 0 Å². The van der Waals surface area contributed by atoms with Crippen molar-refractivity contribution in [3.8, 4) is 22.5 Å². The minimum atomic E-state index is 0.846. The Morgan fingerprint density at radius 3 is 2.00 bits per heavy atom. The number of para-hydroxylation sites is 1. The van der Waals surface area contributed by atoms with Gasteiger partial charge in [0.15, 0.2) is 0 Å². The lowest BCUT2D eigenvalue weighted by Crippen LogP contribution is -2.10. The van der Waals surface area contributed by atoms with Crippen molar-refractivity contribution in [1.82, 2.24) is 4.98 Å². The minimum Gasteiger partial charge on any atom is -0.456 e. The first kappa shape index (κ1) is 27.8. The van der Waals surface area contributed by atoms with Crippen molar-refractivity contribution < 1.29 is 4.42 Å². The number of anilines is 3. The molecular weight excluding hydrogens is 617 g/mol. The molecule has 0 unspecified atom stereocenters. The molecular formula is C45H28N2OS. The molecule has 230 valence electrons. The van der Waals surface area contributed by atoms with Crippen LogP contribution in [0.1, 0.15) is 0 Å². The molecule has 0 spiro atoms. The lowest BCUT2D eigenvalue weighted by Gasteiger charge is -2.27. The summed E-state index contributed by atoms with van der Waals surface area (Å²) in [5, 5.41) is 7.02. The molecule has 0 aliphatic carbocycles. The van der Waals surface area contributed by atoms with E-state index in [9.17, 15) is 0 Å². The van der Waals surface area contributed by atoms with Gasteiger partial charge in [0.1, 0.15) is 11.2 Å². The summed E-state index contributed by atoms with van der Waals surface area (Å²) in [6.07, 6.45) is 0. The molecule has 0 aliphatic rings. The molecule has 3 nitrogen and oxygen atoms in total. The standard InChI is InChI=1S/C45H28N2OS/c1-3-13-29(14-4-1)37-21-12-22-38(46-37)35-20-11-23-40-45(35)44-34-19-8-7-17-32(34)39(28-41(44)48-40)47(30-15-5-2-6-16-30)31-25-26-43-36(27-31)33-18-9-10-24-42(33)49-43/h1-28H. The molecule has 3 aromatic heterocycles. The van der Waals surface area contributed by atoms with Gasteiger partial charge in [-0.2, -0.15) is 0 Å². The van der Waals surface area contributed by atoms with Gasteiger partial charge in [0.05, 0.1) is 17.1 Å². The summed E-state index contributed by atoms with van der Waals surface area (Å²) in [4.78, 5) is 7.52. The normalized spacial score (nSPS) is 11.7. The average molecular weight is 645 g/mol. The van der Waals surface area contributed by atoms with Gasteiger partial charge in [-0.15, -0.1) is 11.3 Å². The van der Waals surface area contributed by atoms with Crippen LogP contribution in [0, 0.1) is 0 Å². The van der Waals surface area contributed by atoms with Crippen LogP contribution >= 0.6 is 11.3 Å². The first-order valence-electron chi connectivity index (χ1n) is 16.5. The fraction of sp³-hybridized carbons (Fsp3) is 0. The van der Waals surface area contributed by atoms with Crippen LogP contribution < -0.4 is 4.90 Å². The molecule has 0 aliphatic heterocycles. The topological polar surface area (TPSA) is 29.3 Å². The van der Waals surface area contributed by atoms with Crippen LogP contribution in [0.2, 0.25) is 0 Å². The highest BCUT2D eigenvalue weighted by Gasteiger charge is 2.22. The number of fused-ring (bicyclic) bond motifs is 8. The van der Waals surface area contributed by atoms with Crippen LogP contribution in [0.3, 0.4) is 0 Å². The maximum absolute atomic E-state index is 6.76. The third kappa shape index (κ3) is 4.53. The van der Waals surface area contributed by atoms with E-state index in [4.69, 9.17) is 9.40 Å². The van der Waals surface area contributed by atoms with Gasteiger partial charge in [-0.1, -0.05) is 109 Å². The Bertz CT molecular complexity index is 2840. The summed E-state index contributed by atoms with van der Waals surface area (Å²) in [7, 11) is 0. The van der Waals surface area contributed by atoms with E-state index >= 15 is 0 Å². The Morgan fingerprint density at radius 1 is 0.449 bits per heavy atom. The molecule has 0 fully saturated rings. The third-order valence-corrected chi connectivity index (χ3v) is 10.6. The van der Waals surface area contributed by atoms with E-state index in [-0.39, 0.29) is 0 Å².